The molecule has 96 valence electrons. The fourth-order valence-corrected chi connectivity index (χ4v) is 5.21. The average Bonchev–Trinajstić information content (AvgIpc) is 2.81. The van der Waals surface area contributed by atoms with Gasteiger partial charge in [-0.15, -0.1) is 11.6 Å². The van der Waals surface area contributed by atoms with Crippen molar-refractivity contribution in [2.45, 2.75) is 42.6 Å². The highest BCUT2D eigenvalue weighted by Gasteiger charge is 2.65. The monoisotopic (exact) mass is 280 g/mol. The summed E-state index contributed by atoms with van der Waals surface area (Å²) in [4.78, 5) is 11.5. The van der Waals surface area contributed by atoms with Crippen LogP contribution in [0.2, 0.25) is 0 Å². The zero-order valence-electron chi connectivity index (χ0n) is 9.21. The highest BCUT2D eigenvalue weighted by Crippen LogP contribution is 2.55. The lowest BCUT2D eigenvalue weighted by atomic mass is 9.94. The van der Waals surface area contributed by atoms with Crippen LogP contribution in [0.15, 0.2) is 0 Å². The van der Waals surface area contributed by atoms with Gasteiger partial charge >= 0.3 is 5.97 Å². The number of carbonyl (C=O) groups is 1. The first-order valence-electron chi connectivity index (χ1n) is 5.67. The average molecular weight is 281 g/mol. The Hall–Kier alpha value is -0.330. The van der Waals surface area contributed by atoms with Crippen LogP contribution < -0.4 is 0 Å². The lowest BCUT2D eigenvalue weighted by Gasteiger charge is -2.25. The van der Waals surface area contributed by atoms with E-state index in [2.05, 4.69) is 0 Å². The zero-order valence-corrected chi connectivity index (χ0v) is 10.8. The SMILES string of the molecule is CC(Cl)C(=O)OC1C2CC3C1OS(=O)(=O)C3C2. The molecule has 0 spiro atoms. The molecule has 2 bridgehead atoms. The number of alkyl halides is 1. The molecule has 1 aliphatic heterocycles. The Kier molecular flexibility index (Phi) is 2.48. The van der Waals surface area contributed by atoms with Gasteiger partial charge in [0.15, 0.2) is 0 Å². The molecule has 3 rings (SSSR count). The summed E-state index contributed by atoms with van der Waals surface area (Å²) in [5.74, 6) is -0.409. The predicted molar refractivity (Wildman–Crippen MR) is 59.0 cm³/mol. The molecule has 0 aromatic carbocycles. The van der Waals surface area contributed by atoms with Gasteiger partial charge in [-0.05, 0) is 19.8 Å². The van der Waals surface area contributed by atoms with E-state index in [0.29, 0.717) is 6.42 Å². The van der Waals surface area contributed by atoms with Crippen LogP contribution in [-0.2, 0) is 23.8 Å². The first-order valence-corrected chi connectivity index (χ1v) is 7.57. The highest BCUT2D eigenvalue weighted by molar-refractivity contribution is 7.87. The minimum Gasteiger partial charge on any atom is -0.458 e. The van der Waals surface area contributed by atoms with Crippen molar-refractivity contribution in [2.75, 3.05) is 0 Å². The van der Waals surface area contributed by atoms with Crippen LogP contribution in [-0.4, -0.2) is 37.2 Å². The van der Waals surface area contributed by atoms with E-state index in [-0.39, 0.29) is 17.1 Å². The number of hydrogen-bond acceptors (Lipinski definition) is 5. The van der Waals surface area contributed by atoms with Crippen molar-refractivity contribution >= 4 is 27.7 Å². The lowest BCUT2D eigenvalue weighted by molar-refractivity contribution is -0.155. The van der Waals surface area contributed by atoms with Gasteiger partial charge in [0.05, 0.1) is 5.25 Å². The molecule has 1 heterocycles. The fraction of sp³-hybridized carbons (Fsp3) is 0.900. The zero-order chi connectivity index (χ0) is 12.4. The molecular weight excluding hydrogens is 268 g/mol. The maximum Gasteiger partial charge on any atom is 0.324 e. The molecule has 2 aliphatic carbocycles. The van der Waals surface area contributed by atoms with Gasteiger partial charge in [-0.1, -0.05) is 0 Å². The molecule has 17 heavy (non-hydrogen) atoms. The fourth-order valence-electron chi connectivity index (χ4n) is 3.27. The minimum atomic E-state index is -3.44. The minimum absolute atomic E-state index is 0.00608. The van der Waals surface area contributed by atoms with E-state index in [1.54, 1.807) is 0 Å². The van der Waals surface area contributed by atoms with Gasteiger partial charge in [-0.25, -0.2) is 0 Å². The summed E-state index contributed by atoms with van der Waals surface area (Å²) in [5.41, 5.74) is 0. The van der Waals surface area contributed by atoms with Crippen LogP contribution in [0.5, 0.6) is 0 Å². The Labute approximate surface area is 105 Å². The third-order valence-electron chi connectivity index (χ3n) is 3.99. The van der Waals surface area contributed by atoms with E-state index in [1.807, 2.05) is 0 Å². The van der Waals surface area contributed by atoms with Gasteiger partial charge in [-0.3, -0.25) is 8.98 Å². The number of ether oxygens (including phenoxy) is 1. The van der Waals surface area contributed by atoms with Crippen LogP contribution in [0.4, 0.5) is 0 Å². The molecule has 6 atom stereocenters. The topological polar surface area (TPSA) is 69.7 Å². The van der Waals surface area contributed by atoms with Gasteiger partial charge in [0.25, 0.3) is 10.1 Å². The summed E-state index contributed by atoms with van der Waals surface area (Å²) in [5, 5.41) is -1.11. The smallest absolute Gasteiger partial charge is 0.324 e. The molecule has 7 heteroatoms. The van der Waals surface area contributed by atoms with Crippen LogP contribution in [0.1, 0.15) is 19.8 Å². The normalized spacial score (nSPS) is 47.1. The first-order chi connectivity index (χ1) is 7.90. The van der Waals surface area contributed by atoms with Gasteiger partial charge in [0.2, 0.25) is 0 Å². The Morgan fingerprint density at radius 1 is 1.47 bits per heavy atom. The summed E-state index contributed by atoms with van der Waals surface area (Å²) < 4.78 is 33.7. The van der Waals surface area contributed by atoms with Crippen molar-refractivity contribution in [3.8, 4) is 0 Å². The quantitative estimate of drug-likeness (QED) is 0.422. The third kappa shape index (κ3) is 1.61. The second kappa shape index (κ2) is 3.59. The van der Waals surface area contributed by atoms with E-state index in [0.717, 1.165) is 6.42 Å². The van der Waals surface area contributed by atoms with Crippen LogP contribution >= 0.6 is 11.6 Å². The molecule has 3 fully saturated rings. The number of hydrogen-bond donors (Lipinski definition) is 0. The summed E-state index contributed by atoms with van der Waals surface area (Å²) in [6, 6.07) is 0. The highest BCUT2D eigenvalue weighted by atomic mass is 35.5. The largest absolute Gasteiger partial charge is 0.458 e. The molecule has 3 aliphatic rings. The van der Waals surface area contributed by atoms with Crippen molar-refractivity contribution < 1.29 is 22.1 Å². The third-order valence-corrected chi connectivity index (χ3v) is 5.94. The van der Waals surface area contributed by atoms with E-state index in [4.69, 9.17) is 20.5 Å². The summed E-state index contributed by atoms with van der Waals surface area (Å²) in [7, 11) is -3.44. The number of rotatable bonds is 2. The Morgan fingerprint density at radius 3 is 2.82 bits per heavy atom. The van der Waals surface area contributed by atoms with Crippen LogP contribution in [0.25, 0.3) is 0 Å². The van der Waals surface area contributed by atoms with Crippen molar-refractivity contribution in [2.24, 2.45) is 11.8 Å². The molecule has 5 nitrogen and oxygen atoms in total. The maximum atomic E-state index is 11.7. The second-order valence-corrected chi connectivity index (χ2v) is 7.44. The Balaban J connectivity index is 1.81. The van der Waals surface area contributed by atoms with Crippen molar-refractivity contribution in [1.29, 1.82) is 0 Å². The standard InChI is InChI=1S/C10H13ClO5S/c1-4(11)10(12)15-8-5-2-6-7(3-5)17(13,14)16-9(6)8/h4-9H,2-3H2,1H3. The molecule has 2 saturated carbocycles. The number of fused-ring (bicyclic) bond motifs is 1. The molecule has 1 saturated heterocycles. The molecule has 0 amide bonds. The molecule has 6 unspecified atom stereocenters. The molecule has 0 aromatic heterocycles. The molecule has 0 aromatic rings. The van der Waals surface area contributed by atoms with Crippen molar-refractivity contribution in [3.63, 3.8) is 0 Å². The summed E-state index contributed by atoms with van der Waals surface area (Å²) in [6.45, 7) is 1.53. The van der Waals surface area contributed by atoms with E-state index in [9.17, 15) is 13.2 Å². The Morgan fingerprint density at radius 2 is 2.18 bits per heavy atom. The summed E-state index contributed by atoms with van der Waals surface area (Å²) in [6.07, 6.45) is 0.381. The maximum absolute atomic E-state index is 11.7. The predicted octanol–water partition coefficient (Wildman–Crippen LogP) is 0.662. The van der Waals surface area contributed by atoms with Gasteiger partial charge < -0.3 is 4.74 Å². The van der Waals surface area contributed by atoms with Crippen molar-refractivity contribution in [1.82, 2.24) is 0 Å². The van der Waals surface area contributed by atoms with Crippen molar-refractivity contribution in [3.05, 3.63) is 0 Å². The first kappa shape index (κ1) is 11.7. The summed E-state index contributed by atoms with van der Waals surface area (Å²) >= 11 is 5.63. The lowest BCUT2D eigenvalue weighted by Crippen LogP contribution is -2.38. The van der Waals surface area contributed by atoms with E-state index in [1.165, 1.54) is 6.92 Å². The number of halogens is 1. The molecular formula is C10H13ClO5S. The number of carbonyl (C=O) groups excluding carboxylic acids is 1. The van der Waals surface area contributed by atoms with E-state index >= 15 is 0 Å². The molecule has 0 N–H and O–H groups in total. The number of esters is 1. The van der Waals surface area contributed by atoms with Gasteiger partial charge in [-0.2, -0.15) is 8.42 Å². The van der Waals surface area contributed by atoms with Crippen LogP contribution in [0.3, 0.4) is 0 Å². The Bertz CT molecular complexity index is 459. The second-order valence-electron chi connectivity index (χ2n) is 5.00. The van der Waals surface area contributed by atoms with E-state index < -0.39 is 33.7 Å². The van der Waals surface area contributed by atoms with Gasteiger partial charge in [0, 0.05) is 11.8 Å². The van der Waals surface area contributed by atoms with Crippen LogP contribution in [0, 0.1) is 11.8 Å². The molecule has 0 radical (unpaired) electrons. The van der Waals surface area contributed by atoms with Gasteiger partial charge in [0.1, 0.15) is 17.6 Å².